The van der Waals surface area contributed by atoms with Gasteiger partial charge in [-0.25, -0.2) is 4.79 Å². The van der Waals surface area contributed by atoms with Crippen molar-refractivity contribution < 1.29 is 19.2 Å². The molecule has 0 aliphatic carbocycles. The van der Waals surface area contributed by atoms with Crippen LogP contribution in [0.5, 0.6) is 5.75 Å². The van der Waals surface area contributed by atoms with Gasteiger partial charge in [0.15, 0.2) is 0 Å². The van der Waals surface area contributed by atoms with Crippen LogP contribution in [0.1, 0.15) is 15.9 Å². The monoisotopic (exact) mass is 349 g/mol. The highest BCUT2D eigenvalue weighted by molar-refractivity contribution is 6.34. The number of hydrogen-bond acceptors (Lipinski definition) is 5. The lowest BCUT2D eigenvalue weighted by Gasteiger charge is -2.10. The van der Waals surface area contributed by atoms with Gasteiger partial charge in [-0.2, -0.15) is 0 Å². The van der Waals surface area contributed by atoms with Crippen molar-refractivity contribution in [3.63, 3.8) is 0 Å². The first-order chi connectivity index (χ1) is 11.3. The highest BCUT2D eigenvalue weighted by atomic mass is 35.5. The number of nitrogens with one attached hydrogen (secondary N) is 1. The summed E-state index contributed by atoms with van der Waals surface area (Å²) in [5.41, 5.74) is 5.69. The van der Waals surface area contributed by atoms with Gasteiger partial charge in [-0.3, -0.25) is 14.9 Å². The average Bonchev–Trinajstić information content (AvgIpc) is 2.49. The second-order valence-corrected chi connectivity index (χ2v) is 5.18. The van der Waals surface area contributed by atoms with Crippen molar-refractivity contribution in [1.82, 2.24) is 0 Å². The molecule has 24 heavy (non-hydrogen) atoms. The van der Waals surface area contributed by atoms with Crippen LogP contribution in [-0.2, 0) is 0 Å². The fourth-order valence-corrected chi connectivity index (χ4v) is 2.15. The number of nitro benzene ring substituents is 1. The van der Waals surface area contributed by atoms with E-state index in [9.17, 15) is 19.7 Å². The molecule has 2 rings (SSSR count). The Hall–Kier alpha value is -3.13. The number of halogens is 1. The number of rotatable bonds is 4. The smallest absolute Gasteiger partial charge is 0.409 e. The summed E-state index contributed by atoms with van der Waals surface area (Å²) < 4.78 is 4.73. The maximum absolute atomic E-state index is 12.3. The van der Waals surface area contributed by atoms with Crippen molar-refractivity contribution in [2.24, 2.45) is 5.73 Å². The normalized spacial score (nSPS) is 10.1. The number of carbonyl (C=O) groups excluding carboxylic acids is 2. The highest BCUT2D eigenvalue weighted by Crippen LogP contribution is 2.25. The summed E-state index contributed by atoms with van der Waals surface area (Å²) in [7, 11) is 0. The summed E-state index contributed by atoms with van der Waals surface area (Å²) in [4.78, 5) is 33.2. The molecule has 2 aromatic carbocycles. The molecule has 2 amide bonds. The highest BCUT2D eigenvalue weighted by Gasteiger charge is 2.16. The van der Waals surface area contributed by atoms with Crippen LogP contribution >= 0.6 is 11.6 Å². The number of ether oxygens (including phenoxy) is 1. The van der Waals surface area contributed by atoms with E-state index in [4.69, 9.17) is 22.1 Å². The van der Waals surface area contributed by atoms with E-state index in [2.05, 4.69) is 5.32 Å². The van der Waals surface area contributed by atoms with E-state index < -0.39 is 16.9 Å². The van der Waals surface area contributed by atoms with Crippen molar-refractivity contribution in [2.45, 2.75) is 6.92 Å². The first kappa shape index (κ1) is 17.2. The molecule has 0 aliphatic rings. The summed E-state index contributed by atoms with van der Waals surface area (Å²) in [6, 6.07) is 8.05. The Morgan fingerprint density at radius 3 is 2.54 bits per heavy atom. The van der Waals surface area contributed by atoms with Crippen molar-refractivity contribution >= 4 is 35.0 Å². The Balaban J connectivity index is 2.25. The molecule has 0 saturated heterocycles. The number of carbonyl (C=O) groups is 2. The zero-order valence-electron chi connectivity index (χ0n) is 12.4. The number of amides is 2. The van der Waals surface area contributed by atoms with E-state index in [1.54, 1.807) is 6.92 Å². The molecule has 3 N–H and O–H groups in total. The topological polar surface area (TPSA) is 125 Å². The summed E-state index contributed by atoms with van der Waals surface area (Å²) in [6.07, 6.45) is -0.949. The summed E-state index contributed by atoms with van der Waals surface area (Å²) in [6.45, 7) is 1.68. The van der Waals surface area contributed by atoms with Crippen LogP contribution in [0.4, 0.5) is 16.2 Å². The van der Waals surface area contributed by atoms with Gasteiger partial charge in [0.25, 0.3) is 11.6 Å². The Morgan fingerprint density at radius 1 is 1.25 bits per heavy atom. The molecule has 0 heterocycles. The van der Waals surface area contributed by atoms with E-state index in [0.717, 1.165) is 6.07 Å². The molecular formula is C15H12ClN3O5. The molecule has 0 unspecified atom stereocenters. The van der Waals surface area contributed by atoms with Gasteiger partial charge < -0.3 is 15.8 Å². The molecule has 0 fully saturated rings. The molecule has 0 spiro atoms. The molecule has 2 aromatic rings. The number of hydrogen-bond donors (Lipinski definition) is 2. The standard InChI is InChI=1S/C15H12ClN3O5/c1-8-6-10(24-15(17)21)3-5-13(8)18-14(20)11-7-9(19(22)23)2-4-12(11)16/h2-7H,1H3,(H2,17,21)(H,18,20). The van der Waals surface area contributed by atoms with Crippen molar-refractivity contribution in [3.05, 3.63) is 62.7 Å². The SMILES string of the molecule is Cc1cc(OC(N)=O)ccc1NC(=O)c1cc([N+](=O)[O-])ccc1Cl. The lowest BCUT2D eigenvalue weighted by molar-refractivity contribution is -0.384. The lowest BCUT2D eigenvalue weighted by atomic mass is 10.1. The van der Waals surface area contributed by atoms with Crippen molar-refractivity contribution in [2.75, 3.05) is 5.32 Å². The minimum Gasteiger partial charge on any atom is -0.410 e. The van der Waals surface area contributed by atoms with Gasteiger partial charge >= 0.3 is 6.09 Å². The van der Waals surface area contributed by atoms with Crippen LogP contribution < -0.4 is 15.8 Å². The predicted octanol–water partition coefficient (Wildman–Crippen LogP) is 3.27. The van der Waals surface area contributed by atoms with E-state index in [0.29, 0.717) is 11.3 Å². The molecule has 0 radical (unpaired) electrons. The number of anilines is 1. The molecule has 8 nitrogen and oxygen atoms in total. The minimum absolute atomic E-state index is 0.0253. The van der Waals surface area contributed by atoms with Crippen LogP contribution in [-0.4, -0.2) is 16.9 Å². The molecule has 0 saturated carbocycles. The number of nitrogens with two attached hydrogens (primary N) is 1. The van der Waals surface area contributed by atoms with Crippen LogP contribution in [0.3, 0.4) is 0 Å². The molecule has 0 aromatic heterocycles. The molecule has 0 aliphatic heterocycles. The predicted molar refractivity (Wildman–Crippen MR) is 87.5 cm³/mol. The number of nitro groups is 1. The van der Waals surface area contributed by atoms with Gasteiger partial charge in [0.1, 0.15) is 5.75 Å². The molecule has 124 valence electrons. The molecule has 0 bridgehead atoms. The largest absolute Gasteiger partial charge is 0.410 e. The quantitative estimate of drug-likeness (QED) is 0.647. The van der Waals surface area contributed by atoms with Crippen LogP contribution in [0, 0.1) is 17.0 Å². The zero-order chi connectivity index (χ0) is 17.9. The Labute approximate surface area is 141 Å². The Kier molecular flexibility index (Phi) is 5.00. The number of aryl methyl sites for hydroxylation is 1. The summed E-state index contributed by atoms with van der Waals surface area (Å²) in [5.74, 6) is -0.373. The molecule has 0 atom stereocenters. The third-order valence-electron chi connectivity index (χ3n) is 3.07. The third kappa shape index (κ3) is 3.99. The number of nitrogens with zero attached hydrogens (tertiary/aromatic N) is 1. The van der Waals surface area contributed by atoms with E-state index in [-0.39, 0.29) is 22.0 Å². The zero-order valence-corrected chi connectivity index (χ0v) is 13.2. The van der Waals surface area contributed by atoms with Gasteiger partial charge in [-0.15, -0.1) is 0 Å². The molecule has 9 heteroatoms. The summed E-state index contributed by atoms with van der Waals surface area (Å²) >= 11 is 5.93. The molecular weight excluding hydrogens is 338 g/mol. The second-order valence-electron chi connectivity index (χ2n) is 4.77. The maximum atomic E-state index is 12.3. The fraction of sp³-hybridized carbons (Fsp3) is 0.0667. The number of benzene rings is 2. The summed E-state index contributed by atoms with van der Waals surface area (Å²) in [5, 5.41) is 13.5. The second kappa shape index (κ2) is 6.97. The van der Waals surface area contributed by atoms with E-state index in [1.807, 2.05) is 0 Å². The van der Waals surface area contributed by atoms with Crippen molar-refractivity contribution in [3.8, 4) is 5.75 Å². The average molecular weight is 350 g/mol. The Morgan fingerprint density at radius 2 is 1.96 bits per heavy atom. The fourth-order valence-electron chi connectivity index (χ4n) is 1.95. The number of non-ortho nitro benzene ring substituents is 1. The van der Waals surface area contributed by atoms with Gasteiger partial charge in [0.2, 0.25) is 0 Å². The van der Waals surface area contributed by atoms with E-state index >= 15 is 0 Å². The first-order valence-corrected chi connectivity index (χ1v) is 6.99. The number of primary amides is 1. The lowest BCUT2D eigenvalue weighted by Crippen LogP contribution is -2.17. The first-order valence-electron chi connectivity index (χ1n) is 6.61. The van der Waals surface area contributed by atoms with Crippen molar-refractivity contribution in [1.29, 1.82) is 0 Å². The van der Waals surface area contributed by atoms with Crippen LogP contribution in [0.2, 0.25) is 5.02 Å². The van der Waals surface area contributed by atoms with Gasteiger partial charge in [-0.05, 0) is 36.8 Å². The maximum Gasteiger partial charge on any atom is 0.409 e. The van der Waals surface area contributed by atoms with Crippen LogP contribution in [0.15, 0.2) is 36.4 Å². The van der Waals surface area contributed by atoms with Crippen LogP contribution in [0.25, 0.3) is 0 Å². The van der Waals surface area contributed by atoms with Gasteiger partial charge in [0, 0.05) is 17.8 Å². The van der Waals surface area contributed by atoms with Gasteiger partial charge in [-0.1, -0.05) is 11.6 Å². The minimum atomic E-state index is -0.949. The Bertz CT molecular complexity index is 838. The van der Waals surface area contributed by atoms with E-state index in [1.165, 1.54) is 30.3 Å². The third-order valence-corrected chi connectivity index (χ3v) is 3.40. The van der Waals surface area contributed by atoms with Gasteiger partial charge in [0.05, 0.1) is 15.5 Å².